The minimum Gasteiger partial charge on any atom is -0.481 e. The van der Waals surface area contributed by atoms with Gasteiger partial charge in [0.1, 0.15) is 12.1 Å². The summed E-state index contributed by atoms with van der Waals surface area (Å²) in [4.78, 5) is 21.5. The van der Waals surface area contributed by atoms with Crippen molar-refractivity contribution in [2.24, 2.45) is 0 Å². The lowest BCUT2D eigenvalue weighted by Gasteiger charge is -2.31. The van der Waals surface area contributed by atoms with E-state index >= 15 is 0 Å². The Morgan fingerprint density at radius 1 is 1.03 bits per heavy atom. The second kappa shape index (κ2) is 11.5. The van der Waals surface area contributed by atoms with Crippen LogP contribution in [0.25, 0.3) is 0 Å². The van der Waals surface area contributed by atoms with E-state index in [-0.39, 0.29) is 30.5 Å². The van der Waals surface area contributed by atoms with Crippen molar-refractivity contribution < 1.29 is 24.5 Å². The molecule has 1 aliphatic heterocycles. The molecule has 4 rings (SSSR count). The molecule has 0 aliphatic carbocycles. The molecular formula is C26H29FN4O4. The Bertz CT molecular complexity index is 1090. The van der Waals surface area contributed by atoms with Gasteiger partial charge >= 0.3 is 5.97 Å². The van der Waals surface area contributed by atoms with Gasteiger partial charge in [0.2, 0.25) is 0 Å². The standard InChI is InChI=1S/C26H29FN4O4/c27-19-8-6-17(7-9-19)25-24(22-10-12-28-16-29-22)30-26(18-4-2-1-3-5-18)31(25)13-11-20(32)14-21(33)15-23(34)35/h1-10,12,16,20-21,24-26,30,32-33H,11,13-15H2,(H,34,35). The zero-order valence-corrected chi connectivity index (χ0v) is 19.1. The van der Waals surface area contributed by atoms with E-state index in [1.807, 2.05) is 36.4 Å². The lowest BCUT2D eigenvalue weighted by atomic mass is 9.96. The summed E-state index contributed by atoms with van der Waals surface area (Å²) in [6.45, 7) is 0.442. The smallest absolute Gasteiger partial charge is 0.305 e. The fraction of sp³-hybridized carbons (Fsp3) is 0.346. The highest BCUT2D eigenvalue weighted by Gasteiger charge is 2.43. The molecule has 2 aromatic carbocycles. The minimum atomic E-state index is -1.12. The first kappa shape index (κ1) is 24.9. The quantitative estimate of drug-likeness (QED) is 0.350. The number of aliphatic hydroxyl groups excluding tert-OH is 2. The van der Waals surface area contributed by atoms with Crippen LogP contribution in [0.15, 0.2) is 73.2 Å². The molecule has 9 heteroatoms. The number of nitrogens with zero attached hydrogens (tertiary/aromatic N) is 3. The summed E-state index contributed by atoms with van der Waals surface area (Å²) in [5, 5.41) is 33.0. The lowest BCUT2D eigenvalue weighted by Crippen LogP contribution is -2.33. The number of hydrogen-bond acceptors (Lipinski definition) is 7. The van der Waals surface area contributed by atoms with E-state index in [0.29, 0.717) is 13.0 Å². The Balaban J connectivity index is 1.65. The van der Waals surface area contributed by atoms with Gasteiger partial charge in [-0.05, 0) is 42.2 Å². The first-order valence-electron chi connectivity index (χ1n) is 11.6. The number of rotatable bonds is 10. The summed E-state index contributed by atoms with van der Waals surface area (Å²) in [5.74, 6) is -1.44. The van der Waals surface area contributed by atoms with Gasteiger partial charge in [0, 0.05) is 12.7 Å². The Hall–Kier alpha value is -3.24. The second-order valence-corrected chi connectivity index (χ2v) is 8.76. The number of benzene rings is 2. The van der Waals surface area contributed by atoms with E-state index in [1.54, 1.807) is 18.3 Å². The number of carboxylic acids is 1. The van der Waals surface area contributed by atoms with Crippen LogP contribution in [0.1, 0.15) is 54.3 Å². The van der Waals surface area contributed by atoms with E-state index < -0.39 is 24.6 Å². The normalized spacial score (nSPS) is 22.1. The molecule has 2 heterocycles. The molecule has 0 saturated carbocycles. The van der Waals surface area contributed by atoms with Crippen LogP contribution in [0.2, 0.25) is 0 Å². The summed E-state index contributed by atoms with van der Waals surface area (Å²) in [6, 6.07) is 17.6. The van der Waals surface area contributed by atoms with E-state index in [0.717, 1.165) is 16.8 Å². The molecule has 5 atom stereocenters. The predicted molar refractivity (Wildman–Crippen MR) is 126 cm³/mol. The fourth-order valence-electron chi connectivity index (χ4n) is 4.69. The van der Waals surface area contributed by atoms with Gasteiger partial charge in [-0.15, -0.1) is 0 Å². The van der Waals surface area contributed by atoms with Crippen molar-refractivity contribution in [1.29, 1.82) is 0 Å². The molecule has 1 aromatic heterocycles. The van der Waals surface area contributed by atoms with Crippen molar-refractivity contribution in [2.45, 2.75) is 49.7 Å². The lowest BCUT2D eigenvalue weighted by molar-refractivity contribution is -0.139. The summed E-state index contributed by atoms with van der Waals surface area (Å²) >= 11 is 0. The van der Waals surface area contributed by atoms with Crippen LogP contribution in [-0.4, -0.2) is 54.9 Å². The van der Waals surface area contributed by atoms with E-state index in [4.69, 9.17) is 5.11 Å². The molecular weight excluding hydrogens is 451 g/mol. The number of aromatic nitrogens is 2. The molecule has 0 spiro atoms. The molecule has 3 aromatic rings. The molecule has 0 amide bonds. The Labute approximate surface area is 203 Å². The molecule has 1 saturated heterocycles. The fourth-order valence-corrected chi connectivity index (χ4v) is 4.69. The van der Waals surface area contributed by atoms with E-state index in [9.17, 15) is 19.4 Å². The molecule has 35 heavy (non-hydrogen) atoms. The molecule has 8 nitrogen and oxygen atoms in total. The first-order valence-corrected chi connectivity index (χ1v) is 11.6. The summed E-state index contributed by atoms with van der Waals surface area (Å²) in [6.07, 6.45) is 0.825. The number of nitrogens with one attached hydrogen (secondary N) is 1. The first-order chi connectivity index (χ1) is 16.9. The van der Waals surface area contributed by atoms with Gasteiger partial charge in [0.15, 0.2) is 0 Å². The maximum Gasteiger partial charge on any atom is 0.305 e. The number of carboxylic acid groups (broad SMARTS) is 1. The van der Waals surface area contributed by atoms with Crippen LogP contribution in [0.5, 0.6) is 0 Å². The topological polar surface area (TPSA) is 119 Å². The van der Waals surface area contributed by atoms with Crippen molar-refractivity contribution in [3.63, 3.8) is 0 Å². The molecule has 5 unspecified atom stereocenters. The maximum atomic E-state index is 13.7. The number of aliphatic hydroxyl groups is 2. The summed E-state index contributed by atoms with van der Waals surface area (Å²) in [7, 11) is 0. The third-order valence-electron chi connectivity index (χ3n) is 6.27. The largest absolute Gasteiger partial charge is 0.481 e. The average Bonchev–Trinajstić information content (AvgIpc) is 3.23. The van der Waals surface area contributed by atoms with Gasteiger partial charge < -0.3 is 15.3 Å². The van der Waals surface area contributed by atoms with Crippen molar-refractivity contribution in [3.8, 4) is 0 Å². The molecule has 0 radical (unpaired) electrons. The Kier molecular flexibility index (Phi) is 8.14. The molecule has 184 valence electrons. The van der Waals surface area contributed by atoms with Crippen LogP contribution in [0.3, 0.4) is 0 Å². The molecule has 0 bridgehead atoms. The van der Waals surface area contributed by atoms with Gasteiger partial charge in [-0.2, -0.15) is 0 Å². The molecule has 4 N–H and O–H groups in total. The number of hydrogen-bond donors (Lipinski definition) is 4. The van der Waals surface area contributed by atoms with Crippen LogP contribution >= 0.6 is 0 Å². The van der Waals surface area contributed by atoms with Gasteiger partial charge in [0.25, 0.3) is 0 Å². The monoisotopic (exact) mass is 480 g/mol. The number of aliphatic carboxylic acids is 1. The van der Waals surface area contributed by atoms with Crippen molar-refractivity contribution >= 4 is 5.97 Å². The van der Waals surface area contributed by atoms with Crippen LogP contribution in [0, 0.1) is 5.82 Å². The van der Waals surface area contributed by atoms with Gasteiger partial charge in [0.05, 0.1) is 42.6 Å². The van der Waals surface area contributed by atoms with Crippen molar-refractivity contribution in [1.82, 2.24) is 20.2 Å². The third-order valence-corrected chi connectivity index (χ3v) is 6.27. The van der Waals surface area contributed by atoms with Crippen LogP contribution in [-0.2, 0) is 4.79 Å². The number of halogens is 1. The maximum absolute atomic E-state index is 13.7. The molecule has 1 fully saturated rings. The van der Waals surface area contributed by atoms with Crippen molar-refractivity contribution in [2.75, 3.05) is 6.54 Å². The SMILES string of the molecule is O=C(O)CC(O)CC(O)CCN1C(c2ccccc2)NC(c2ccncn2)C1c1ccc(F)cc1. The summed E-state index contributed by atoms with van der Waals surface area (Å²) in [5.41, 5.74) is 2.70. The van der Waals surface area contributed by atoms with Gasteiger partial charge in [-0.25, -0.2) is 14.4 Å². The molecule has 1 aliphatic rings. The van der Waals surface area contributed by atoms with Crippen LogP contribution in [0.4, 0.5) is 4.39 Å². The highest BCUT2D eigenvalue weighted by Crippen LogP contribution is 2.45. The van der Waals surface area contributed by atoms with Crippen molar-refractivity contribution in [3.05, 3.63) is 95.8 Å². The highest BCUT2D eigenvalue weighted by molar-refractivity contribution is 5.67. The second-order valence-electron chi connectivity index (χ2n) is 8.76. The number of carbonyl (C=O) groups is 1. The average molecular weight is 481 g/mol. The van der Waals surface area contributed by atoms with E-state index in [2.05, 4.69) is 20.2 Å². The predicted octanol–water partition coefficient (Wildman–Crippen LogP) is 2.98. The van der Waals surface area contributed by atoms with Gasteiger partial charge in [-0.1, -0.05) is 42.5 Å². The minimum absolute atomic E-state index is 0.0277. The zero-order valence-electron chi connectivity index (χ0n) is 19.1. The zero-order chi connectivity index (χ0) is 24.8. The van der Waals surface area contributed by atoms with E-state index in [1.165, 1.54) is 18.5 Å². The summed E-state index contributed by atoms with van der Waals surface area (Å²) < 4.78 is 13.7. The Morgan fingerprint density at radius 3 is 2.43 bits per heavy atom. The highest BCUT2D eigenvalue weighted by atomic mass is 19.1. The third kappa shape index (κ3) is 6.26. The van der Waals surface area contributed by atoms with Crippen LogP contribution < -0.4 is 5.32 Å². The van der Waals surface area contributed by atoms with Gasteiger partial charge in [-0.3, -0.25) is 15.0 Å². The Morgan fingerprint density at radius 2 is 1.77 bits per heavy atom.